The Morgan fingerprint density at radius 2 is 1.87 bits per heavy atom. The largest absolute Gasteiger partial charge is 0.497 e. The van der Waals surface area contributed by atoms with E-state index in [1.54, 1.807) is 37.4 Å². The topological polar surface area (TPSA) is 82.5 Å². The van der Waals surface area contributed by atoms with Crippen molar-refractivity contribution in [2.24, 2.45) is 5.73 Å². The second-order valence-electron chi connectivity index (χ2n) is 5.18. The predicted octanol–water partition coefficient (Wildman–Crippen LogP) is 2.50. The summed E-state index contributed by atoms with van der Waals surface area (Å²) < 4.78 is 10.9. The molecule has 1 heterocycles. The first-order valence-corrected chi connectivity index (χ1v) is 7.06. The Balaban J connectivity index is 2.07. The molecule has 0 atom stereocenters. The lowest BCUT2D eigenvalue weighted by atomic mass is 10.1. The third kappa shape index (κ3) is 3.08. The monoisotopic (exact) mass is 309 g/mol. The Hall–Kier alpha value is -3.08. The number of hydrogen-bond donors (Lipinski definition) is 1. The van der Waals surface area contributed by atoms with Crippen LogP contribution in [0.2, 0.25) is 0 Å². The van der Waals surface area contributed by atoms with E-state index in [9.17, 15) is 9.59 Å². The highest BCUT2D eigenvalue weighted by atomic mass is 16.5. The van der Waals surface area contributed by atoms with Crippen molar-refractivity contribution < 1.29 is 13.9 Å². The molecule has 2 N–H and O–H groups in total. The third-order valence-electron chi connectivity index (χ3n) is 3.54. The molecule has 0 aliphatic carbocycles. The van der Waals surface area contributed by atoms with Crippen molar-refractivity contribution in [3.05, 3.63) is 64.3 Å². The van der Waals surface area contributed by atoms with Crippen LogP contribution in [0.1, 0.15) is 5.56 Å². The lowest BCUT2D eigenvalue weighted by molar-refractivity contribution is -0.117. The molecule has 0 bridgehead atoms. The maximum absolute atomic E-state index is 12.3. The SMILES string of the molecule is COc1ccc(-c2cc(=O)c3cc(CC(N)=O)ccc3o2)cc1. The van der Waals surface area contributed by atoms with Crippen molar-refractivity contribution >= 4 is 16.9 Å². The van der Waals surface area contributed by atoms with Gasteiger partial charge < -0.3 is 14.9 Å². The Kier molecular flexibility index (Phi) is 3.85. The van der Waals surface area contributed by atoms with E-state index < -0.39 is 5.91 Å². The number of rotatable bonds is 4. The molecule has 0 fully saturated rings. The Bertz CT molecular complexity index is 926. The first-order valence-electron chi connectivity index (χ1n) is 7.06. The summed E-state index contributed by atoms with van der Waals surface area (Å²) in [6.45, 7) is 0. The van der Waals surface area contributed by atoms with Crippen molar-refractivity contribution in [1.29, 1.82) is 0 Å². The number of ether oxygens (including phenoxy) is 1. The Morgan fingerprint density at radius 1 is 1.13 bits per heavy atom. The van der Waals surface area contributed by atoms with Crippen LogP contribution in [0.3, 0.4) is 0 Å². The standard InChI is InChI=1S/C18H15NO4/c1-22-13-5-3-12(4-6-13)17-10-15(20)14-8-11(9-18(19)21)2-7-16(14)23-17/h2-8,10H,9H2,1H3,(H2,19,21). The van der Waals surface area contributed by atoms with Gasteiger partial charge in [0.15, 0.2) is 5.43 Å². The molecule has 1 aromatic heterocycles. The van der Waals surface area contributed by atoms with Gasteiger partial charge in [0.25, 0.3) is 0 Å². The van der Waals surface area contributed by atoms with Crippen LogP contribution in [0.4, 0.5) is 0 Å². The van der Waals surface area contributed by atoms with Gasteiger partial charge in [-0.2, -0.15) is 0 Å². The minimum Gasteiger partial charge on any atom is -0.497 e. The summed E-state index contributed by atoms with van der Waals surface area (Å²) in [4.78, 5) is 23.3. The van der Waals surface area contributed by atoms with Crippen LogP contribution in [-0.4, -0.2) is 13.0 Å². The number of methoxy groups -OCH3 is 1. The van der Waals surface area contributed by atoms with E-state index >= 15 is 0 Å². The van der Waals surface area contributed by atoms with Crippen LogP contribution in [0, 0.1) is 0 Å². The molecule has 2 aromatic carbocycles. The van der Waals surface area contributed by atoms with Gasteiger partial charge in [-0.15, -0.1) is 0 Å². The van der Waals surface area contributed by atoms with Gasteiger partial charge in [-0.05, 0) is 42.0 Å². The molecular formula is C18H15NO4. The van der Waals surface area contributed by atoms with E-state index in [1.165, 1.54) is 6.07 Å². The van der Waals surface area contributed by atoms with Gasteiger partial charge in [-0.3, -0.25) is 9.59 Å². The second kappa shape index (κ2) is 5.96. The number of carbonyl (C=O) groups is 1. The number of carbonyl (C=O) groups excluding carboxylic acids is 1. The molecule has 0 aliphatic heterocycles. The van der Waals surface area contributed by atoms with Crippen LogP contribution in [0.25, 0.3) is 22.3 Å². The van der Waals surface area contributed by atoms with E-state index in [2.05, 4.69) is 0 Å². The second-order valence-corrected chi connectivity index (χ2v) is 5.18. The molecule has 0 radical (unpaired) electrons. The number of hydrogen-bond acceptors (Lipinski definition) is 4. The lowest BCUT2D eigenvalue weighted by Gasteiger charge is -2.06. The van der Waals surface area contributed by atoms with Gasteiger partial charge in [0.05, 0.1) is 18.9 Å². The van der Waals surface area contributed by atoms with Crippen molar-refractivity contribution in [2.75, 3.05) is 7.11 Å². The lowest BCUT2D eigenvalue weighted by Crippen LogP contribution is -2.13. The number of fused-ring (bicyclic) bond motifs is 1. The summed E-state index contributed by atoms with van der Waals surface area (Å²) in [6, 6.07) is 13.7. The average molecular weight is 309 g/mol. The van der Waals surface area contributed by atoms with Gasteiger partial charge in [0.2, 0.25) is 5.91 Å². The van der Waals surface area contributed by atoms with E-state index in [4.69, 9.17) is 14.9 Å². The van der Waals surface area contributed by atoms with Crippen LogP contribution >= 0.6 is 0 Å². The van der Waals surface area contributed by atoms with E-state index in [-0.39, 0.29) is 11.8 Å². The smallest absolute Gasteiger partial charge is 0.221 e. The minimum atomic E-state index is -0.441. The fraction of sp³-hybridized carbons (Fsp3) is 0.111. The summed E-state index contributed by atoms with van der Waals surface area (Å²) in [6.07, 6.45) is 0.0929. The summed E-state index contributed by atoms with van der Waals surface area (Å²) in [7, 11) is 1.59. The predicted molar refractivity (Wildman–Crippen MR) is 87.4 cm³/mol. The van der Waals surface area contributed by atoms with E-state index in [0.29, 0.717) is 22.3 Å². The first kappa shape index (κ1) is 14.8. The third-order valence-corrected chi connectivity index (χ3v) is 3.54. The highest BCUT2D eigenvalue weighted by Crippen LogP contribution is 2.24. The normalized spacial score (nSPS) is 10.7. The zero-order chi connectivity index (χ0) is 16.4. The maximum atomic E-state index is 12.3. The van der Waals surface area contributed by atoms with Crippen LogP contribution < -0.4 is 15.9 Å². The van der Waals surface area contributed by atoms with Crippen LogP contribution in [0.15, 0.2) is 57.7 Å². The summed E-state index contributed by atoms with van der Waals surface area (Å²) in [5, 5.41) is 0.431. The van der Waals surface area contributed by atoms with Crippen molar-refractivity contribution in [3.63, 3.8) is 0 Å². The summed E-state index contributed by atoms with van der Waals surface area (Å²) in [5.74, 6) is 0.768. The van der Waals surface area contributed by atoms with Crippen LogP contribution in [-0.2, 0) is 11.2 Å². The Morgan fingerprint density at radius 3 is 2.52 bits per heavy atom. The van der Waals surface area contributed by atoms with Crippen molar-refractivity contribution in [3.8, 4) is 17.1 Å². The van der Waals surface area contributed by atoms with Gasteiger partial charge in [-0.25, -0.2) is 0 Å². The molecule has 1 amide bonds. The van der Waals surface area contributed by atoms with E-state index in [1.807, 2.05) is 12.1 Å². The molecule has 0 saturated heterocycles. The Labute approximate surface area is 132 Å². The minimum absolute atomic E-state index is 0.0929. The van der Waals surface area contributed by atoms with Gasteiger partial charge >= 0.3 is 0 Å². The number of primary amides is 1. The molecule has 3 rings (SSSR count). The molecular weight excluding hydrogens is 294 g/mol. The van der Waals surface area contributed by atoms with Gasteiger partial charge in [-0.1, -0.05) is 6.07 Å². The fourth-order valence-corrected chi connectivity index (χ4v) is 2.41. The summed E-state index contributed by atoms with van der Waals surface area (Å²) in [5.41, 5.74) is 6.96. The van der Waals surface area contributed by atoms with Gasteiger partial charge in [0.1, 0.15) is 17.1 Å². The molecule has 0 unspecified atom stereocenters. The molecule has 23 heavy (non-hydrogen) atoms. The molecule has 116 valence electrons. The maximum Gasteiger partial charge on any atom is 0.221 e. The highest BCUT2D eigenvalue weighted by molar-refractivity contribution is 5.82. The fourth-order valence-electron chi connectivity index (χ4n) is 2.41. The number of amides is 1. The average Bonchev–Trinajstić information content (AvgIpc) is 2.55. The number of nitrogens with two attached hydrogens (primary N) is 1. The van der Waals surface area contributed by atoms with Crippen LogP contribution in [0.5, 0.6) is 5.75 Å². The molecule has 3 aromatic rings. The molecule has 0 aliphatic rings. The van der Waals surface area contributed by atoms with E-state index in [0.717, 1.165) is 11.3 Å². The summed E-state index contributed by atoms with van der Waals surface area (Å²) >= 11 is 0. The quantitative estimate of drug-likeness (QED) is 0.802. The molecule has 5 heteroatoms. The first-order chi connectivity index (χ1) is 11.1. The highest BCUT2D eigenvalue weighted by Gasteiger charge is 2.09. The van der Waals surface area contributed by atoms with Crippen molar-refractivity contribution in [1.82, 2.24) is 0 Å². The number of benzene rings is 2. The molecule has 0 spiro atoms. The van der Waals surface area contributed by atoms with Crippen molar-refractivity contribution in [2.45, 2.75) is 6.42 Å². The zero-order valence-corrected chi connectivity index (χ0v) is 12.5. The molecule has 5 nitrogen and oxygen atoms in total. The molecule has 0 saturated carbocycles. The van der Waals surface area contributed by atoms with Gasteiger partial charge in [0, 0.05) is 11.6 Å². The zero-order valence-electron chi connectivity index (χ0n) is 12.5.